The van der Waals surface area contributed by atoms with E-state index in [-0.39, 0.29) is 11.9 Å². The zero-order chi connectivity index (χ0) is 20.4. The quantitative estimate of drug-likeness (QED) is 0.638. The van der Waals surface area contributed by atoms with E-state index in [4.69, 9.17) is 11.6 Å². The molecule has 0 saturated carbocycles. The third-order valence-corrected chi connectivity index (χ3v) is 6.87. The second kappa shape index (κ2) is 8.85. The molecule has 1 aromatic heterocycles. The fourth-order valence-corrected chi connectivity index (χ4v) is 5.00. The molecule has 0 radical (unpaired) electrons. The maximum absolute atomic E-state index is 13.4. The molecule has 0 aliphatic carbocycles. The van der Waals surface area contributed by atoms with Crippen molar-refractivity contribution in [2.45, 2.75) is 25.8 Å². The van der Waals surface area contributed by atoms with E-state index in [2.05, 4.69) is 31.4 Å². The number of benzene rings is 1. The van der Waals surface area contributed by atoms with Gasteiger partial charge in [0.25, 0.3) is 5.91 Å². The van der Waals surface area contributed by atoms with Crippen LogP contribution in [0, 0.1) is 6.92 Å². The van der Waals surface area contributed by atoms with Crippen LogP contribution in [0.4, 0.5) is 0 Å². The first-order valence-corrected chi connectivity index (χ1v) is 11.4. The molecular formula is C20H21BrClN5OS. The lowest BCUT2D eigenvalue weighted by atomic mass is 10.1. The molecule has 29 heavy (non-hydrogen) atoms. The van der Waals surface area contributed by atoms with Gasteiger partial charge in [-0.1, -0.05) is 23.7 Å². The van der Waals surface area contributed by atoms with Crippen LogP contribution in [0.1, 0.15) is 28.3 Å². The first-order valence-electron chi connectivity index (χ1n) is 9.47. The highest BCUT2D eigenvalue weighted by Gasteiger charge is 2.32. The number of guanidine groups is 1. The van der Waals surface area contributed by atoms with Crippen molar-refractivity contribution < 1.29 is 4.79 Å². The summed E-state index contributed by atoms with van der Waals surface area (Å²) in [6.07, 6.45) is 5.70. The number of halogens is 2. The molecule has 1 saturated heterocycles. The van der Waals surface area contributed by atoms with Crippen molar-refractivity contribution in [2.24, 2.45) is 4.99 Å². The number of rotatable bonds is 4. The highest BCUT2D eigenvalue weighted by Crippen LogP contribution is 2.33. The number of carbonyl (C=O) groups excluding carboxylic acids is 1. The van der Waals surface area contributed by atoms with Crippen LogP contribution in [0.3, 0.4) is 0 Å². The van der Waals surface area contributed by atoms with Crippen LogP contribution >= 0.6 is 39.1 Å². The van der Waals surface area contributed by atoms with Gasteiger partial charge in [0, 0.05) is 30.4 Å². The van der Waals surface area contributed by atoms with E-state index in [1.807, 2.05) is 46.1 Å². The number of aliphatic imine (C=N–C) groups is 1. The Labute approximate surface area is 187 Å². The van der Waals surface area contributed by atoms with Gasteiger partial charge in [0.05, 0.1) is 32.6 Å². The van der Waals surface area contributed by atoms with Gasteiger partial charge in [0.15, 0.2) is 0 Å². The topological polar surface area (TPSA) is 60.8 Å². The van der Waals surface area contributed by atoms with Crippen LogP contribution in [-0.4, -0.2) is 51.4 Å². The van der Waals surface area contributed by atoms with Gasteiger partial charge in [0.2, 0.25) is 5.96 Å². The number of hydrogen-bond acceptors (Lipinski definition) is 6. The highest BCUT2D eigenvalue weighted by atomic mass is 79.9. The van der Waals surface area contributed by atoms with Crippen LogP contribution in [-0.2, 0) is 0 Å². The van der Waals surface area contributed by atoms with E-state index in [1.54, 1.807) is 17.5 Å². The Kier molecular flexibility index (Phi) is 6.22. The lowest BCUT2D eigenvalue weighted by Crippen LogP contribution is -2.46. The average molecular weight is 495 g/mol. The summed E-state index contributed by atoms with van der Waals surface area (Å²) in [6.45, 7) is 4.08. The SMILES string of the molecule is Cc1nc(C(=O)N2CCC[C@H]2CNC2=NC=CCN2Br)c(-c2ccc(Cl)cc2)s1. The van der Waals surface area contributed by atoms with Crippen LogP contribution in [0.25, 0.3) is 10.4 Å². The molecule has 1 amide bonds. The van der Waals surface area contributed by atoms with E-state index in [0.717, 1.165) is 47.3 Å². The minimum Gasteiger partial charge on any atom is -0.353 e. The molecule has 4 rings (SSSR count). The molecule has 152 valence electrons. The molecule has 1 aromatic carbocycles. The number of nitrogens with one attached hydrogen (secondary N) is 1. The largest absolute Gasteiger partial charge is 0.353 e. The first kappa shape index (κ1) is 20.4. The summed E-state index contributed by atoms with van der Waals surface area (Å²) >= 11 is 11.0. The van der Waals surface area contributed by atoms with Gasteiger partial charge >= 0.3 is 0 Å². The number of carbonyl (C=O) groups is 1. The van der Waals surface area contributed by atoms with Crippen LogP contribution < -0.4 is 5.32 Å². The van der Waals surface area contributed by atoms with Crippen molar-refractivity contribution in [2.75, 3.05) is 19.6 Å². The molecule has 1 fully saturated rings. The maximum atomic E-state index is 13.4. The van der Waals surface area contributed by atoms with E-state index >= 15 is 0 Å². The summed E-state index contributed by atoms with van der Waals surface area (Å²) in [5.74, 6) is 0.753. The highest BCUT2D eigenvalue weighted by molar-refractivity contribution is 9.07. The van der Waals surface area contributed by atoms with E-state index in [0.29, 0.717) is 17.3 Å². The van der Waals surface area contributed by atoms with Gasteiger partial charge in [-0.25, -0.2) is 9.98 Å². The zero-order valence-electron chi connectivity index (χ0n) is 15.9. The Hall–Kier alpha value is -1.90. The smallest absolute Gasteiger partial charge is 0.274 e. The molecule has 0 bridgehead atoms. The molecule has 1 N–H and O–H groups in total. The third-order valence-electron chi connectivity index (χ3n) is 4.97. The number of thiazole rings is 1. The molecule has 0 unspecified atom stereocenters. The monoisotopic (exact) mass is 493 g/mol. The van der Waals surface area contributed by atoms with Crippen molar-refractivity contribution in [3.63, 3.8) is 0 Å². The lowest BCUT2D eigenvalue weighted by molar-refractivity contribution is 0.0733. The third kappa shape index (κ3) is 4.49. The summed E-state index contributed by atoms with van der Waals surface area (Å²) in [5.41, 5.74) is 1.50. The Morgan fingerprint density at radius 3 is 2.93 bits per heavy atom. The van der Waals surface area contributed by atoms with Gasteiger partial charge in [-0.3, -0.25) is 8.72 Å². The predicted octanol–water partition coefficient (Wildman–Crippen LogP) is 4.46. The molecular weight excluding hydrogens is 474 g/mol. The number of nitrogens with zero attached hydrogens (tertiary/aromatic N) is 4. The van der Waals surface area contributed by atoms with Crippen molar-refractivity contribution in [3.8, 4) is 10.4 Å². The van der Waals surface area contributed by atoms with Crippen molar-refractivity contribution in [3.05, 3.63) is 52.3 Å². The predicted molar refractivity (Wildman–Crippen MR) is 122 cm³/mol. The van der Waals surface area contributed by atoms with Crippen LogP contribution in [0.5, 0.6) is 0 Å². The molecule has 1 atom stereocenters. The second-order valence-electron chi connectivity index (χ2n) is 6.98. The number of amides is 1. The Bertz CT molecular complexity index is 958. The lowest BCUT2D eigenvalue weighted by Gasteiger charge is -2.27. The Morgan fingerprint density at radius 1 is 1.38 bits per heavy atom. The van der Waals surface area contributed by atoms with E-state index in [1.165, 1.54) is 0 Å². The number of aromatic nitrogens is 1. The van der Waals surface area contributed by atoms with Crippen molar-refractivity contribution in [1.29, 1.82) is 0 Å². The maximum Gasteiger partial charge on any atom is 0.274 e. The Morgan fingerprint density at radius 2 is 2.17 bits per heavy atom. The van der Waals surface area contributed by atoms with Crippen LogP contribution in [0.2, 0.25) is 5.02 Å². The van der Waals surface area contributed by atoms with E-state index < -0.39 is 0 Å². The van der Waals surface area contributed by atoms with Crippen LogP contribution in [0.15, 0.2) is 41.5 Å². The van der Waals surface area contributed by atoms with Crippen molar-refractivity contribution >= 4 is 51.0 Å². The average Bonchev–Trinajstić information content (AvgIpc) is 3.34. The fourth-order valence-electron chi connectivity index (χ4n) is 3.57. The summed E-state index contributed by atoms with van der Waals surface area (Å²) < 4.78 is 1.87. The standard InChI is InChI=1S/C20H21BrClN5OS/c1-13-25-17(18(29-13)14-5-7-15(22)8-6-14)19(28)26-10-2-4-16(26)12-24-20-23-9-3-11-27(20)21/h3,5-9,16H,2,4,10-12H2,1H3,(H,23,24)/t16-/m0/s1. The molecule has 3 heterocycles. The minimum absolute atomic E-state index is 0.00947. The van der Waals surface area contributed by atoms with Crippen molar-refractivity contribution in [1.82, 2.24) is 19.1 Å². The molecule has 0 spiro atoms. The normalized spacial score (nSPS) is 18.9. The zero-order valence-corrected chi connectivity index (χ0v) is 19.1. The Balaban J connectivity index is 1.52. The minimum atomic E-state index is -0.00947. The summed E-state index contributed by atoms with van der Waals surface area (Å²) in [6, 6.07) is 7.67. The fraction of sp³-hybridized carbons (Fsp3) is 0.350. The van der Waals surface area contributed by atoms with Gasteiger partial charge in [-0.2, -0.15) is 0 Å². The van der Waals surface area contributed by atoms with Gasteiger partial charge in [0.1, 0.15) is 5.69 Å². The summed E-state index contributed by atoms with van der Waals surface area (Å²) in [4.78, 5) is 25.2. The van der Waals surface area contributed by atoms with Gasteiger partial charge < -0.3 is 10.2 Å². The molecule has 6 nitrogen and oxygen atoms in total. The van der Waals surface area contributed by atoms with Gasteiger partial charge in [-0.05, 0) is 43.5 Å². The molecule has 2 aromatic rings. The number of aryl methyl sites for hydroxylation is 1. The number of hydrogen-bond donors (Lipinski definition) is 1. The van der Waals surface area contributed by atoms with E-state index in [9.17, 15) is 4.79 Å². The second-order valence-corrected chi connectivity index (χ2v) is 9.47. The molecule has 2 aliphatic heterocycles. The number of likely N-dealkylation sites (tertiary alicyclic amines) is 1. The molecule has 2 aliphatic rings. The first-order chi connectivity index (χ1) is 14.0. The van der Waals surface area contributed by atoms with Gasteiger partial charge in [-0.15, -0.1) is 11.3 Å². The summed E-state index contributed by atoms with van der Waals surface area (Å²) in [7, 11) is 0. The molecule has 9 heteroatoms. The summed E-state index contributed by atoms with van der Waals surface area (Å²) in [5, 5.41) is 4.91.